The topological polar surface area (TPSA) is 132 Å². The van der Waals surface area contributed by atoms with Crippen LogP contribution in [0.2, 0.25) is 0 Å². The molecule has 0 aromatic rings. The summed E-state index contributed by atoms with van der Waals surface area (Å²) in [5, 5.41) is 0. The summed E-state index contributed by atoms with van der Waals surface area (Å²) in [5.74, 6) is -4.55. The van der Waals surface area contributed by atoms with Gasteiger partial charge in [0.15, 0.2) is 0 Å². The quantitative estimate of drug-likeness (QED) is 0.187. The van der Waals surface area contributed by atoms with Gasteiger partial charge in [-0.2, -0.15) is 0 Å². The fraction of sp³-hybridized carbons (Fsp3) is 0.750. The van der Waals surface area contributed by atoms with Crippen LogP contribution in [0.25, 0.3) is 0 Å². The summed E-state index contributed by atoms with van der Waals surface area (Å²) in [4.78, 5) is 58.6. The fourth-order valence-electron chi connectivity index (χ4n) is 4.78. The number of hydrogen-bond donors (Lipinski definition) is 0. The minimum absolute atomic E-state index is 0.0102. The highest BCUT2D eigenvalue weighted by Crippen LogP contribution is 2.40. The Labute approximate surface area is 172 Å². The first kappa shape index (κ1) is 20.9. The molecule has 4 fully saturated rings. The van der Waals surface area contributed by atoms with Crippen molar-refractivity contribution in [2.75, 3.05) is 20.0 Å². The molecule has 2 saturated heterocycles. The largest absolute Gasteiger partial charge is 0.463 e. The van der Waals surface area contributed by atoms with E-state index in [0.717, 1.165) is 0 Å². The third kappa shape index (κ3) is 4.24. The summed E-state index contributed by atoms with van der Waals surface area (Å²) in [5.41, 5.74) is 0. The third-order valence-corrected chi connectivity index (χ3v) is 6.46. The Hall–Kier alpha value is -2.33. The Morgan fingerprint density at radius 2 is 1.37 bits per heavy atom. The number of hydrogen-bond acceptors (Lipinski definition) is 10. The van der Waals surface area contributed by atoms with Gasteiger partial charge in [-0.05, 0) is 38.5 Å². The van der Waals surface area contributed by atoms with Gasteiger partial charge in [0.1, 0.15) is 13.4 Å². The highest BCUT2D eigenvalue weighted by Gasteiger charge is 2.49. The van der Waals surface area contributed by atoms with E-state index in [1.165, 1.54) is 0 Å². The zero-order valence-corrected chi connectivity index (χ0v) is 16.4. The molecule has 30 heavy (non-hydrogen) atoms. The number of ether oxygens (including phenoxy) is 5. The average Bonchev–Trinajstić information content (AvgIpc) is 3.18. The van der Waals surface area contributed by atoms with Gasteiger partial charge in [-0.1, -0.05) is 0 Å². The van der Waals surface area contributed by atoms with E-state index in [1.807, 2.05) is 0 Å². The number of carbonyl (C=O) groups is 5. The van der Waals surface area contributed by atoms with Gasteiger partial charge in [0, 0.05) is 0 Å². The average molecular weight is 424 g/mol. The van der Waals surface area contributed by atoms with Gasteiger partial charge in [0.05, 0.1) is 42.3 Å². The van der Waals surface area contributed by atoms with Gasteiger partial charge in [-0.15, -0.1) is 0 Å². The van der Waals surface area contributed by atoms with E-state index >= 15 is 0 Å². The summed E-state index contributed by atoms with van der Waals surface area (Å²) in [6, 6.07) is 0. The molecule has 0 amide bonds. The Kier molecular flexibility index (Phi) is 6.14. The van der Waals surface area contributed by atoms with Crippen LogP contribution in [-0.2, 0) is 47.7 Å². The maximum absolute atomic E-state index is 12.2. The van der Waals surface area contributed by atoms with E-state index < -0.39 is 53.5 Å². The molecule has 6 unspecified atom stereocenters. The Morgan fingerprint density at radius 1 is 0.767 bits per heavy atom. The lowest BCUT2D eigenvalue weighted by molar-refractivity contribution is -0.156. The van der Waals surface area contributed by atoms with Crippen LogP contribution in [0.15, 0.2) is 0 Å². The Morgan fingerprint density at radius 3 is 2.07 bits per heavy atom. The van der Waals surface area contributed by atoms with Crippen LogP contribution in [0.1, 0.15) is 38.5 Å². The summed E-state index contributed by atoms with van der Waals surface area (Å²) < 4.78 is 25.5. The van der Waals surface area contributed by atoms with Crippen molar-refractivity contribution in [3.05, 3.63) is 0 Å². The molecule has 0 radical (unpaired) electrons. The highest BCUT2D eigenvalue weighted by atomic mass is 16.7. The van der Waals surface area contributed by atoms with Crippen LogP contribution in [-0.4, -0.2) is 56.0 Å². The van der Waals surface area contributed by atoms with Crippen LogP contribution in [0.4, 0.5) is 0 Å². The maximum atomic E-state index is 12.2. The molecule has 2 aliphatic carbocycles. The second kappa shape index (κ2) is 8.81. The molecule has 2 saturated carbocycles. The van der Waals surface area contributed by atoms with E-state index in [9.17, 15) is 24.0 Å². The minimum Gasteiger partial charge on any atom is -0.463 e. The molecule has 0 spiro atoms. The normalized spacial score (nSPS) is 35.5. The lowest BCUT2D eigenvalue weighted by Gasteiger charge is -2.27. The van der Waals surface area contributed by atoms with Gasteiger partial charge in [-0.3, -0.25) is 24.0 Å². The van der Waals surface area contributed by atoms with Gasteiger partial charge in [0.25, 0.3) is 0 Å². The molecule has 4 aliphatic rings. The summed E-state index contributed by atoms with van der Waals surface area (Å²) in [6.07, 6.45) is 2.66. The first-order valence-corrected chi connectivity index (χ1v) is 10.3. The van der Waals surface area contributed by atoms with Crippen LogP contribution >= 0.6 is 0 Å². The molecular weight excluding hydrogens is 400 g/mol. The molecule has 2 aliphatic heterocycles. The lowest BCUT2D eigenvalue weighted by Crippen LogP contribution is -2.32. The van der Waals surface area contributed by atoms with Gasteiger partial charge >= 0.3 is 29.8 Å². The molecule has 0 bridgehead atoms. The zero-order valence-electron chi connectivity index (χ0n) is 16.4. The number of cyclic esters (lactones) is 4. The van der Waals surface area contributed by atoms with Crippen molar-refractivity contribution in [2.45, 2.75) is 44.6 Å². The summed E-state index contributed by atoms with van der Waals surface area (Å²) >= 11 is 0. The molecule has 4 rings (SSSR count). The molecule has 164 valence electrons. The second-order valence-corrected chi connectivity index (χ2v) is 8.21. The van der Waals surface area contributed by atoms with Gasteiger partial charge < -0.3 is 23.7 Å². The molecule has 6 atom stereocenters. The number of esters is 5. The molecule has 10 nitrogen and oxygen atoms in total. The van der Waals surface area contributed by atoms with Crippen molar-refractivity contribution in [3.8, 4) is 0 Å². The number of carbonyl (C=O) groups excluding carboxylic acids is 5. The molecule has 0 aromatic heterocycles. The van der Waals surface area contributed by atoms with Crippen molar-refractivity contribution in [1.82, 2.24) is 0 Å². The predicted molar refractivity (Wildman–Crippen MR) is 94.0 cm³/mol. The Bertz CT molecular complexity index is 746. The fourth-order valence-corrected chi connectivity index (χ4v) is 4.78. The summed E-state index contributed by atoms with van der Waals surface area (Å²) in [7, 11) is 0. The number of fused-ring (bicyclic) bond motifs is 2. The second-order valence-electron chi connectivity index (χ2n) is 8.21. The van der Waals surface area contributed by atoms with Crippen molar-refractivity contribution in [2.24, 2.45) is 29.6 Å². The van der Waals surface area contributed by atoms with E-state index in [-0.39, 0.29) is 38.4 Å². The van der Waals surface area contributed by atoms with E-state index in [4.69, 9.17) is 14.2 Å². The van der Waals surface area contributed by atoms with Crippen molar-refractivity contribution < 1.29 is 47.7 Å². The molecule has 0 aromatic carbocycles. The van der Waals surface area contributed by atoms with Crippen molar-refractivity contribution in [1.29, 1.82) is 0 Å². The van der Waals surface area contributed by atoms with Gasteiger partial charge in [0.2, 0.25) is 0 Å². The molecule has 10 heteroatoms. The molecule has 0 N–H and O–H groups in total. The van der Waals surface area contributed by atoms with E-state index in [1.54, 1.807) is 0 Å². The van der Waals surface area contributed by atoms with E-state index in [2.05, 4.69) is 9.47 Å². The monoisotopic (exact) mass is 424 g/mol. The Balaban J connectivity index is 1.09. The summed E-state index contributed by atoms with van der Waals surface area (Å²) in [6.45, 7) is 0.181. The third-order valence-electron chi connectivity index (χ3n) is 6.46. The standard InChI is InChI=1S/C20H24O10/c21-16(10-1-3-12-14(7-10)19(24)29-17(12)22)27-6-5-26-9-28-11-2-4-13-15(8-11)20(25)30-18(13)23/h10-15H,1-9H2. The van der Waals surface area contributed by atoms with Crippen molar-refractivity contribution in [3.63, 3.8) is 0 Å². The first-order valence-electron chi connectivity index (χ1n) is 10.3. The SMILES string of the molecule is O=C(OCCOCOC1CCC2C(=O)OC(=O)C2C1)C1CCC2C(=O)OC(=O)C2C1. The lowest BCUT2D eigenvalue weighted by atomic mass is 9.75. The van der Waals surface area contributed by atoms with Crippen LogP contribution in [0, 0.1) is 29.6 Å². The maximum Gasteiger partial charge on any atom is 0.317 e. The zero-order chi connectivity index (χ0) is 21.3. The molecule has 2 heterocycles. The number of rotatable bonds is 7. The first-order chi connectivity index (χ1) is 14.4. The minimum atomic E-state index is -0.549. The van der Waals surface area contributed by atoms with Crippen molar-refractivity contribution >= 4 is 29.8 Å². The van der Waals surface area contributed by atoms with E-state index in [0.29, 0.717) is 32.1 Å². The molecular formula is C20H24O10. The van der Waals surface area contributed by atoms with Crippen LogP contribution in [0.5, 0.6) is 0 Å². The van der Waals surface area contributed by atoms with Gasteiger partial charge in [-0.25, -0.2) is 0 Å². The highest BCUT2D eigenvalue weighted by molar-refractivity contribution is 5.97. The predicted octanol–water partition coefficient (Wildman–Crippen LogP) is 0.504. The smallest absolute Gasteiger partial charge is 0.317 e. The van der Waals surface area contributed by atoms with Crippen LogP contribution in [0.3, 0.4) is 0 Å². The van der Waals surface area contributed by atoms with Crippen LogP contribution < -0.4 is 0 Å².